The van der Waals surface area contributed by atoms with Gasteiger partial charge in [-0.05, 0) is 50.2 Å². The first-order valence-electron chi connectivity index (χ1n) is 8.72. The van der Waals surface area contributed by atoms with Crippen LogP contribution in [-0.4, -0.2) is 33.1 Å². The highest BCUT2D eigenvalue weighted by Crippen LogP contribution is 2.47. The van der Waals surface area contributed by atoms with Gasteiger partial charge in [0.15, 0.2) is 0 Å². The molecule has 4 heterocycles. The van der Waals surface area contributed by atoms with Gasteiger partial charge in [-0.3, -0.25) is 14.9 Å². The molecule has 6 heteroatoms. The highest BCUT2D eigenvalue weighted by Gasteiger charge is 2.46. The van der Waals surface area contributed by atoms with Crippen LogP contribution in [0.3, 0.4) is 0 Å². The molecule has 1 unspecified atom stereocenters. The predicted octanol–water partition coefficient (Wildman–Crippen LogP) is 4.26. The Kier molecular flexibility index (Phi) is 5.05. The summed E-state index contributed by atoms with van der Waals surface area (Å²) in [4.78, 5) is 11.9. The highest BCUT2D eigenvalue weighted by molar-refractivity contribution is 7.16. The minimum absolute atomic E-state index is 0.240. The zero-order chi connectivity index (χ0) is 18.0. The number of aliphatic hydroxyl groups is 1. The normalized spacial score (nSPS) is 16.7. The van der Waals surface area contributed by atoms with Crippen LogP contribution in [0.5, 0.6) is 0 Å². The molecule has 1 aliphatic rings. The van der Waals surface area contributed by atoms with Gasteiger partial charge in [-0.2, -0.15) is 0 Å². The van der Waals surface area contributed by atoms with Crippen molar-refractivity contribution in [3.05, 3.63) is 81.5 Å². The van der Waals surface area contributed by atoms with Crippen molar-refractivity contribution in [2.24, 2.45) is 0 Å². The van der Waals surface area contributed by atoms with E-state index in [0.29, 0.717) is 0 Å². The quantitative estimate of drug-likeness (QED) is 0.712. The van der Waals surface area contributed by atoms with Crippen LogP contribution in [0.25, 0.3) is 0 Å². The fourth-order valence-corrected chi connectivity index (χ4v) is 5.04. The molecule has 0 aliphatic carbocycles. The van der Waals surface area contributed by atoms with E-state index in [1.807, 2.05) is 36.4 Å². The summed E-state index contributed by atoms with van der Waals surface area (Å²) in [6.07, 6.45) is 9.19. The van der Waals surface area contributed by atoms with Gasteiger partial charge >= 0.3 is 0 Å². The first-order valence-corrected chi connectivity index (χ1v) is 9.91. The molecule has 0 bridgehead atoms. The number of halogens is 1. The van der Waals surface area contributed by atoms with E-state index in [-0.39, 0.29) is 6.04 Å². The number of thiophene rings is 1. The lowest BCUT2D eigenvalue weighted by Gasteiger charge is -2.41. The second-order valence-electron chi connectivity index (χ2n) is 6.54. The van der Waals surface area contributed by atoms with E-state index in [1.165, 1.54) is 11.3 Å². The number of aromatic nitrogens is 2. The number of nitrogens with zero attached hydrogens (tertiary/aromatic N) is 3. The second-order valence-corrected chi connectivity index (χ2v) is 8.28. The Morgan fingerprint density at radius 2 is 1.62 bits per heavy atom. The van der Waals surface area contributed by atoms with Gasteiger partial charge in [-0.25, -0.2) is 0 Å². The van der Waals surface area contributed by atoms with E-state index >= 15 is 0 Å². The Morgan fingerprint density at radius 3 is 2.08 bits per heavy atom. The Labute approximate surface area is 162 Å². The molecule has 26 heavy (non-hydrogen) atoms. The molecule has 0 amide bonds. The molecular weight excluding hydrogens is 366 g/mol. The minimum atomic E-state index is -1.26. The summed E-state index contributed by atoms with van der Waals surface area (Å²) < 4.78 is 0.726. The van der Waals surface area contributed by atoms with Crippen LogP contribution >= 0.6 is 22.9 Å². The Morgan fingerprint density at radius 1 is 1.00 bits per heavy atom. The van der Waals surface area contributed by atoms with Crippen LogP contribution < -0.4 is 0 Å². The summed E-state index contributed by atoms with van der Waals surface area (Å²) in [5.41, 5.74) is 0.255. The van der Waals surface area contributed by atoms with Gasteiger partial charge in [0.25, 0.3) is 0 Å². The molecule has 4 nitrogen and oxygen atoms in total. The van der Waals surface area contributed by atoms with Gasteiger partial charge in [-0.1, -0.05) is 23.7 Å². The summed E-state index contributed by atoms with van der Waals surface area (Å²) in [5.74, 6) is 0. The van der Waals surface area contributed by atoms with Crippen LogP contribution in [0.1, 0.15) is 34.9 Å². The smallest absolute Gasteiger partial charge is 0.138 e. The van der Waals surface area contributed by atoms with E-state index in [0.717, 1.165) is 46.3 Å². The molecule has 1 atom stereocenters. The molecule has 1 fully saturated rings. The summed E-state index contributed by atoms with van der Waals surface area (Å²) in [7, 11) is 0. The zero-order valence-electron chi connectivity index (χ0n) is 14.3. The first kappa shape index (κ1) is 17.6. The number of likely N-dealkylation sites (tertiary alicyclic amines) is 1. The lowest BCUT2D eigenvalue weighted by molar-refractivity contribution is -0.0136. The van der Waals surface area contributed by atoms with Crippen molar-refractivity contribution in [1.29, 1.82) is 0 Å². The molecule has 1 N–H and O–H groups in total. The van der Waals surface area contributed by atoms with Crippen molar-refractivity contribution >= 4 is 22.9 Å². The summed E-state index contributed by atoms with van der Waals surface area (Å²) in [5, 5.41) is 12.2. The topological polar surface area (TPSA) is 49.3 Å². The SMILES string of the molecule is OC(c1cccnc1)(c1cccnc1)C(c1ccc(Cl)s1)N1CCCC1. The third-order valence-corrected chi connectivity index (χ3v) is 6.25. The van der Waals surface area contributed by atoms with Crippen LogP contribution in [0.15, 0.2) is 61.2 Å². The van der Waals surface area contributed by atoms with Gasteiger partial charge in [-0.15, -0.1) is 11.3 Å². The second kappa shape index (κ2) is 7.45. The number of hydrogen-bond donors (Lipinski definition) is 1. The van der Waals surface area contributed by atoms with Gasteiger partial charge in [0.2, 0.25) is 0 Å². The fourth-order valence-electron chi connectivity index (χ4n) is 3.78. The predicted molar refractivity (Wildman–Crippen MR) is 104 cm³/mol. The zero-order valence-corrected chi connectivity index (χ0v) is 15.8. The summed E-state index contributed by atoms with van der Waals surface area (Å²) in [6.45, 7) is 1.89. The van der Waals surface area contributed by atoms with Gasteiger partial charge in [0.05, 0.1) is 10.4 Å². The van der Waals surface area contributed by atoms with Gasteiger partial charge in [0.1, 0.15) is 5.60 Å². The van der Waals surface area contributed by atoms with E-state index < -0.39 is 5.60 Å². The van der Waals surface area contributed by atoms with Crippen molar-refractivity contribution in [3.8, 4) is 0 Å². The van der Waals surface area contributed by atoms with E-state index in [9.17, 15) is 5.11 Å². The molecule has 134 valence electrons. The summed E-state index contributed by atoms with van der Waals surface area (Å²) >= 11 is 7.77. The fraction of sp³-hybridized carbons (Fsp3) is 0.300. The van der Waals surface area contributed by atoms with Crippen molar-refractivity contribution in [2.75, 3.05) is 13.1 Å². The van der Waals surface area contributed by atoms with E-state index in [1.54, 1.807) is 24.8 Å². The third-order valence-electron chi connectivity index (χ3n) is 4.97. The van der Waals surface area contributed by atoms with Crippen LogP contribution in [0.2, 0.25) is 4.34 Å². The van der Waals surface area contributed by atoms with Crippen molar-refractivity contribution in [3.63, 3.8) is 0 Å². The molecular formula is C20H20ClN3OS. The lowest BCUT2D eigenvalue weighted by atomic mass is 9.80. The molecule has 3 aromatic rings. The molecule has 0 saturated carbocycles. The van der Waals surface area contributed by atoms with Crippen LogP contribution in [-0.2, 0) is 5.60 Å². The number of rotatable bonds is 5. The Hall–Kier alpha value is -1.79. The van der Waals surface area contributed by atoms with E-state index in [4.69, 9.17) is 11.6 Å². The average molecular weight is 386 g/mol. The minimum Gasteiger partial charge on any atom is -0.378 e. The maximum atomic E-state index is 12.2. The number of hydrogen-bond acceptors (Lipinski definition) is 5. The molecule has 0 radical (unpaired) electrons. The van der Waals surface area contributed by atoms with Crippen LogP contribution in [0, 0.1) is 0 Å². The van der Waals surface area contributed by atoms with Crippen molar-refractivity contribution in [1.82, 2.24) is 14.9 Å². The Bertz CT molecular complexity index is 810. The monoisotopic (exact) mass is 385 g/mol. The lowest BCUT2D eigenvalue weighted by Crippen LogP contribution is -2.44. The highest BCUT2D eigenvalue weighted by atomic mass is 35.5. The molecule has 1 aliphatic heterocycles. The molecule has 0 spiro atoms. The van der Waals surface area contributed by atoms with E-state index in [2.05, 4.69) is 14.9 Å². The first-order chi connectivity index (χ1) is 12.7. The molecule has 0 aromatic carbocycles. The van der Waals surface area contributed by atoms with Gasteiger partial charge < -0.3 is 5.11 Å². The van der Waals surface area contributed by atoms with Crippen molar-refractivity contribution in [2.45, 2.75) is 24.5 Å². The standard InChI is InChI=1S/C20H20ClN3OS/c21-18-8-7-17(26-18)19(24-11-1-2-12-24)20(25,15-5-3-9-22-13-15)16-6-4-10-23-14-16/h3-10,13-14,19,25H,1-2,11-12H2. The summed E-state index contributed by atoms with van der Waals surface area (Å²) in [6, 6.07) is 11.3. The van der Waals surface area contributed by atoms with Crippen LogP contribution in [0.4, 0.5) is 0 Å². The maximum absolute atomic E-state index is 12.2. The van der Waals surface area contributed by atoms with Gasteiger partial charge in [0, 0.05) is 40.8 Å². The molecule has 4 rings (SSSR count). The molecule has 3 aromatic heterocycles. The van der Waals surface area contributed by atoms with Crippen molar-refractivity contribution < 1.29 is 5.11 Å². The maximum Gasteiger partial charge on any atom is 0.138 e. The average Bonchev–Trinajstić information content (AvgIpc) is 3.36. The number of pyridine rings is 2. The Balaban J connectivity index is 1.92. The third kappa shape index (κ3) is 3.16. The largest absolute Gasteiger partial charge is 0.378 e. The molecule has 1 saturated heterocycles.